The van der Waals surface area contributed by atoms with Crippen LogP contribution in [0.3, 0.4) is 0 Å². The number of aromatic amines is 2. The summed E-state index contributed by atoms with van der Waals surface area (Å²) in [6, 6.07) is 15.7. The number of benzene rings is 3. The SMILES string of the molecule is CCC(C)CC(=O)NC(C)CCCc1ncc(-c2ccc3c(c2)COc2cc4c(ccc5[nH]c(C6CC(COC)CN6)nc54)cc2-3)[nH]1. The highest BCUT2D eigenvalue weighted by molar-refractivity contribution is 6.07. The fraction of sp³-hybridized carbons (Fsp3) is 0.447. The van der Waals surface area contributed by atoms with Crippen LogP contribution in [0.2, 0.25) is 0 Å². The number of aryl methyl sites for hydroxylation is 1. The fourth-order valence-electron chi connectivity index (χ4n) is 7.10. The summed E-state index contributed by atoms with van der Waals surface area (Å²) in [6.45, 7) is 8.55. The van der Waals surface area contributed by atoms with Crippen LogP contribution in [0, 0.1) is 11.8 Å². The van der Waals surface area contributed by atoms with Gasteiger partial charge in [0.05, 0.1) is 35.6 Å². The summed E-state index contributed by atoms with van der Waals surface area (Å²) in [5, 5.41) is 8.99. The number of carbonyl (C=O) groups excluding carboxylic acids is 1. The zero-order valence-electron chi connectivity index (χ0n) is 27.9. The molecule has 1 saturated heterocycles. The highest BCUT2D eigenvalue weighted by Crippen LogP contribution is 2.42. The Morgan fingerprint density at radius 1 is 1.13 bits per heavy atom. The molecule has 0 aliphatic carbocycles. The summed E-state index contributed by atoms with van der Waals surface area (Å²) in [5.74, 6) is 3.92. The van der Waals surface area contributed by atoms with Gasteiger partial charge in [0, 0.05) is 43.5 Å². The van der Waals surface area contributed by atoms with Gasteiger partial charge in [-0.25, -0.2) is 9.97 Å². The molecule has 2 aliphatic heterocycles. The first-order valence-electron chi connectivity index (χ1n) is 17.2. The Hall–Kier alpha value is -4.21. The quantitative estimate of drug-likeness (QED) is 0.115. The summed E-state index contributed by atoms with van der Waals surface area (Å²) in [4.78, 5) is 29.0. The molecule has 246 valence electrons. The zero-order valence-corrected chi connectivity index (χ0v) is 27.9. The average Bonchev–Trinajstić information content (AvgIpc) is 3.84. The van der Waals surface area contributed by atoms with E-state index in [0.29, 0.717) is 24.9 Å². The van der Waals surface area contributed by atoms with Gasteiger partial charge in [0.1, 0.15) is 24.0 Å². The lowest BCUT2D eigenvalue weighted by molar-refractivity contribution is -0.122. The van der Waals surface area contributed by atoms with Gasteiger partial charge < -0.3 is 30.1 Å². The molecule has 9 nitrogen and oxygen atoms in total. The van der Waals surface area contributed by atoms with Crippen molar-refractivity contribution >= 4 is 27.7 Å². The topological polar surface area (TPSA) is 117 Å². The van der Waals surface area contributed by atoms with Crippen LogP contribution in [0.25, 0.3) is 44.2 Å². The van der Waals surface area contributed by atoms with E-state index in [0.717, 1.165) is 107 Å². The van der Waals surface area contributed by atoms with Crippen molar-refractivity contribution in [1.82, 2.24) is 30.6 Å². The van der Waals surface area contributed by atoms with E-state index in [2.05, 4.69) is 88.8 Å². The minimum absolute atomic E-state index is 0.150. The molecule has 2 aromatic heterocycles. The van der Waals surface area contributed by atoms with Crippen molar-refractivity contribution in [3.8, 4) is 28.1 Å². The van der Waals surface area contributed by atoms with E-state index in [9.17, 15) is 4.79 Å². The van der Waals surface area contributed by atoms with Gasteiger partial charge in [0.2, 0.25) is 5.91 Å². The summed E-state index contributed by atoms with van der Waals surface area (Å²) in [6.07, 6.45) is 7.28. The number of hydrogen-bond donors (Lipinski definition) is 4. The predicted octanol–water partition coefficient (Wildman–Crippen LogP) is 7.23. The van der Waals surface area contributed by atoms with Crippen molar-refractivity contribution in [1.29, 1.82) is 0 Å². The molecule has 4 heterocycles. The Kier molecular flexibility index (Phi) is 9.01. The molecule has 7 rings (SSSR count). The molecule has 0 spiro atoms. The number of carbonyl (C=O) groups is 1. The van der Waals surface area contributed by atoms with Crippen LogP contribution in [-0.2, 0) is 22.6 Å². The summed E-state index contributed by atoms with van der Waals surface area (Å²) in [5.41, 5.74) is 7.59. The lowest BCUT2D eigenvalue weighted by atomic mass is 9.92. The van der Waals surface area contributed by atoms with Crippen molar-refractivity contribution in [2.75, 3.05) is 20.3 Å². The first-order chi connectivity index (χ1) is 22.9. The number of H-pyrrole nitrogens is 2. The average molecular weight is 635 g/mol. The molecule has 1 amide bonds. The van der Waals surface area contributed by atoms with Gasteiger partial charge in [-0.2, -0.15) is 0 Å². The molecule has 0 radical (unpaired) electrons. The first kappa shape index (κ1) is 31.4. The summed E-state index contributed by atoms with van der Waals surface area (Å²) >= 11 is 0. The van der Waals surface area contributed by atoms with Crippen LogP contribution in [0.1, 0.15) is 76.1 Å². The number of ether oxygens (including phenoxy) is 2. The molecule has 4 atom stereocenters. The van der Waals surface area contributed by atoms with E-state index in [1.165, 1.54) is 5.56 Å². The minimum Gasteiger partial charge on any atom is -0.488 e. The van der Waals surface area contributed by atoms with E-state index >= 15 is 0 Å². The second-order valence-corrected chi connectivity index (χ2v) is 13.7. The van der Waals surface area contributed by atoms with Gasteiger partial charge in [0.25, 0.3) is 0 Å². The fourth-order valence-corrected chi connectivity index (χ4v) is 7.10. The normalized spacial score (nSPS) is 18.6. The number of nitrogens with zero attached hydrogens (tertiary/aromatic N) is 2. The van der Waals surface area contributed by atoms with E-state index in [1.807, 2.05) is 6.20 Å². The summed E-state index contributed by atoms with van der Waals surface area (Å²) < 4.78 is 11.7. The summed E-state index contributed by atoms with van der Waals surface area (Å²) in [7, 11) is 1.76. The number of hydrogen-bond acceptors (Lipinski definition) is 6. The van der Waals surface area contributed by atoms with Crippen molar-refractivity contribution in [2.45, 2.75) is 78.0 Å². The largest absolute Gasteiger partial charge is 0.488 e. The maximum atomic E-state index is 12.2. The molecule has 4 N–H and O–H groups in total. The molecule has 1 fully saturated rings. The molecule has 5 aromatic rings. The van der Waals surface area contributed by atoms with Crippen molar-refractivity contribution in [2.24, 2.45) is 11.8 Å². The monoisotopic (exact) mass is 634 g/mol. The van der Waals surface area contributed by atoms with Crippen LogP contribution in [0.5, 0.6) is 5.75 Å². The molecule has 9 heteroatoms. The number of aromatic nitrogens is 4. The number of nitrogens with one attached hydrogen (secondary N) is 4. The second-order valence-electron chi connectivity index (χ2n) is 13.7. The molecule has 47 heavy (non-hydrogen) atoms. The maximum Gasteiger partial charge on any atom is 0.220 e. The molecule has 2 aliphatic rings. The van der Waals surface area contributed by atoms with Gasteiger partial charge in [-0.3, -0.25) is 4.79 Å². The third-order valence-corrected chi connectivity index (χ3v) is 9.95. The van der Waals surface area contributed by atoms with Gasteiger partial charge >= 0.3 is 0 Å². The van der Waals surface area contributed by atoms with Crippen molar-refractivity contribution in [3.05, 3.63) is 65.9 Å². The number of amides is 1. The van der Waals surface area contributed by atoms with E-state index in [4.69, 9.17) is 14.5 Å². The predicted molar refractivity (Wildman–Crippen MR) is 186 cm³/mol. The van der Waals surface area contributed by atoms with Crippen LogP contribution in [-0.4, -0.2) is 52.1 Å². The van der Waals surface area contributed by atoms with Gasteiger partial charge in [0.15, 0.2) is 0 Å². The van der Waals surface area contributed by atoms with E-state index in [1.54, 1.807) is 7.11 Å². The van der Waals surface area contributed by atoms with Gasteiger partial charge in [-0.15, -0.1) is 0 Å². The molecular weight excluding hydrogens is 588 g/mol. The smallest absolute Gasteiger partial charge is 0.220 e. The Balaban J connectivity index is 1.04. The van der Waals surface area contributed by atoms with Crippen LogP contribution >= 0.6 is 0 Å². The Morgan fingerprint density at radius 2 is 2.02 bits per heavy atom. The molecular formula is C38H46N6O3. The van der Waals surface area contributed by atoms with Gasteiger partial charge in [-0.1, -0.05) is 38.5 Å². The number of imidazole rings is 2. The van der Waals surface area contributed by atoms with Gasteiger partial charge in [-0.05, 0) is 84.4 Å². The zero-order chi connectivity index (χ0) is 32.5. The maximum absolute atomic E-state index is 12.2. The molecule has 4 unspecified atom stereocenters. The Morgan fingerprint density at radius 3 is 2.87 bits per heavy atom. The number of fused-ring (bicyclic) bond motifs is 6. The third kappa shape index (κ3) is 6.64. The third-order valence-electron chi connectivity index (χ3n) is 9.95. The van der Waals surface area contributed by atoms with Crippen molar-refractivity contribution < 1.29 is 14.3 Å². The highest BCUT2D eigenvalue weighted by Gasteiger charge is 2.28. The lowest BCUT2D eigenvalue weighted by Gasteiger charge is -2.22. The highest BCUT2D eigenvalue weighted by atomic mass is 16.5. The second kappa shape index (κ2) is 13.5. The minimum atomic E-state index is 0.150. The van der Waals surface area contributed by atoms with Crippen LogP contribution in [0.15, 0.2) is 48.7 Å². The molecule has 3 aromatic carbocycles. The molecule has 0 bridgehead atoms. The number of rotatable bonds is 12. The van der Waals surface area contributed by atoms with Crippen LogP contribution < -0.4 is 15.4 Å². The Labute approximate surface area is 276 Å². The van der Waals surface area contributed by atoms with E-state index in [-0.39, 0.29) is 18.0 Å². The lowest BCUT2D eigenvalue weighted by Crippen LogP contribution is -2.33. The molecule has 0 saturated carbocycles. The van der Waals surface area contributed by atoms with E-state index < -0.39 is 0 Å². The Bertz CT molecular complexity index is 1890. The van der Waals surface area contributed by atoms with Crippen molar-refractivity contribution in [3.63, 3.8) is 0 Å². The standard InChI is InChI=1S/C38H46N6O3/c1-5-22(2)13-36(45)41-23(3)7-6-8-35-40-19-33(42-35)26-9-11-28-27(15-26)21-47-34-17-29-25(16-30(28)34)10-12-31-37(29)44-38(43-31)32-14-24(18-39-32)20-46-4/h9-12,15-17,19,22-24,32,39H,5-8,13-14,18,20-21H2,1-4H3,(H,40,42)(H,41,45)(H,43,44). The van der Waals surface area contributed by atoms with Crippen LogP contribution in [0.4, 0.5) is 0 Å². The first-order valence-corrected chi connectivity index (χ1v) is 17.2. The number of methoxy groups -OCH3 is 1.